The molecule has 10 heavy (non-hydrogen) atoms. The lowest BCUT2D eigenvalue weighted by molar-refractivity contribution is 0.124. The summed E-state index contributed by atoms with van der Waals surface area (Å²) in [5.41, 5.74) is 0. The molecule has 1 rings (SSSR count). The molecule has 59 valence electrons. The lowest BCUT2D eigenvalue weighted by Crippen LogP contribution is -2.35. The number of β-amino-alcohol motifs (C(OH)–C–C–N with tert-alkyl or cyclic N) is 1. The summed E-state index contributed by atoms with van der Waals surface area (Å²) in [7, 11) is 0. The van der Waals surface area contributed by atoms with Crippen LogP contribution >= 0.6 is 0 Å². The highest BCUT2D eigenvalue weighted by molar-refractivity contribution is 4.78. The number of aliphatic hydroxyl groups is 1. The summed E-state index contributed by atoms with van der Waals surface area (Å²) in [6, 6.07) is 0. The van der Waals surface area contributed by atoms with Crippen LogP contribution in [0.3, 0.4) is 0 Å². The second kappa shape index (κ2) is 3.94. The Kier molecular flexibility index (Phi) is 3.16. The number of hydrogen-bond donors (Lipinski definition) is 1. The van der Waals surface area contributed by atoms with Crippen molar-refractivity contribution >= 4 is 0 Å². The lowest BCUT2D eigenvalue weighted by Gasteiger charge is -2.26. The van der Waals surface area contributed by atoms with Crippen LogP contribution in [0.4, 0.5) is 0 Å². The van der Waals surface area contributed by atoms with Gasteiger partial charge in [-0.05, 0) is 32.7 Å². The van der Waals surface area contributed by atoms with Crippen molar-refractivity contribution in [2.45, 2.75) is 25.9 Å². The first-order chi connectivity index (χ1) is 4.79. The lowest BCUT2D eigenvalue weighted by atomic mass is 10.1. The summed E-state index contributed by atoms with van der Waals surface area (Å²) < 4.78 is 0. The molecular formula is C8H16NO. The van der Waals surface area contributed by atoms with E-state index in [1.807, 2.05) is 6.92 Å². The SMILES string of the molecule is C[C@@H](O)CN1C[CH]CCC1. The molecule has 0 aromatic heterocycles. The van der Waals surface area contributed by atoms with Gasteiger partial charge < -0.3 is 10.0 Å². The van der Waals surface area contributed by atoms with E-state index in [-0.39, 0.29) is 6.10 Å². The van der Waals surface area contributed by atoms with E-state index in [1.54, 1.807) is 0 Å². The molecular weight excluding hydrogens is 126 g/mol. The minimum absolute atomic E-state index is 0.175. The molecule has 1 heterocycles. The summed E-state index contributed by atoms with van der Waals surface area (Å²) in [5, 5.41) is 9.05. The van der Waals surface area contributed by atoms with E-state index >= 15 is 0 Å². The van der Waals surface area contributed by atoms with E-state index in [0.717, 1.165) is 19.6 Å². The van der Waals surface area contributed by atoms with Crippen LogP contribution in [0, 0.1) is 6.42 Å². The van der Waals surface area contributed by atoms with E-state index in [0.29, 0.717) is 0 Å². The van der Waals surface area contributed by atoms with E-state index in [1.165, 1.54) is 12.8 Å². The molecule has 0 unspecified atom stereocenters. The average molecular weight is 142 g/mol. The largest absolute Gasteiger partial charge is 0.392 e. The highest BCUT2D eigenvalue weighted by atomic mass is 16.3. The van der Waals surface area contributed by atoms with E-state index in [2.05, 4.69) is 11.3 Å². The molecule has 1 atom stereocenters. The second-order valence-electron chi connectivity index (χ2n) is 3.04. The first-order valence-corrected chi connectivity index (χ1v) is 4.01. The Labute approximate surface area is 62.8 Å². The normalized spacial score (nSPS) is 24.6. The molecule has 1 aliphatic rings. The Morgan fingerprint density at radius 1 is 1.70 bits per heavy atom. The van der Waals surface area contributed by atoms with Crippen LogP contribution < -0.4 is 0 Å². The summed E-state index contributed by atoms with van der Waals surface area (Å²) in [4.78, 5) is 2.29. The van der Waals surface area contributed by atoms with Gasteiger partial charge in [-0.3, -0.25) is 0 Å². The molecule has 0 saturated carbocycles. The summed E-state index contributed by atoms with van der Waals surface area (Å²) >= 11 is 0. The van der Waals surface area contributed by atoms with E-state index in [9.17, 15) is 0 Å². The van der Waals surface area contributed by atoms with Crippen molar-refractivity contribution in [2.24, 2.45) is 0 Å². The molecule has 2 nitrogen and oxygen atoms in total. The third-order valence-corrected chi connectivity index (χ3v) is 1.79. The smallest absolute Gasteiger partial charge is 0.0639 e. The Balaban J connectivity index is 2.13. The van der Waals surface area contributed by atoms with Crippen LogP contribution in [0.1, 0.15) is 19.8 Å². The molecule has 1 radical (unpaired) electrons. The van der Waals surface area contributed by atoms with Gasteiger partial charge in [0.15, 0.2) is 0 Å². The van der Waals surface area contributed by atoms with Gasteiger partial charge in [-0.2, -0.15) is 0 Å². The molecule has 0 aromatic carbocycles. The van der Waals surface area contributed by atoms with Crippen molar-refractivity contribution in [1.82, 2.24) is 4.90 Å². The van der Waals surface area contributed by atoms with Gasteiger partial charge in [0, 0.05) is 13.1 Å². The van der Waals surface area contributed by atoms with Gasteiger partial charge >= 0.3 is 0 Å². The number of hydrogen-bond acceptors (Lipinski definition) is 2. The minimum atomic E-state index is -0.175. The van der Waals surface area contributed by atoms with Crippen LogP contribution in [0.2, 0.25) is 0 Å². The molecule has 2 heteroatoms. The Morgan fingerprint density at radius 3 is 3.00 bits per heavy atom. The van der Waals surface area contributed by atoms with Crippen LogP contribution in [0.25, 0.3) is 0 Å². The fourth-order valence-corrected chi connectivity index (χ4v) is 1.36. The minimum Gasteiger partial charge on any atom is -0.392 e. The first kappa shape index (κ1) is 8.02. The summed E-state index contributed by atoms with van der Waals surface area (Å²) in [6.45, 7) is 4.89. The van der Waals surface area contributed by atoms with Crippen LogP contribution in [0.15, 0.2) is 0 Å². The highest BCUT2D eigenvalue weighted by Crippen LogP contribution is 2.07. The molecule has 1 N–H and O–H groups in total. The van der Waals surface area contributed by atoms with Crippen molar-refractivity contribution < 1.29 is 5.11 Å². The van der Waals surface area contributed by atoms with Crippen LogP contribution in [0.5, 0.6) is 0 Å². The topological polar surface area (TPSA) is 23.5 Å². The molecule has 0 bridgehead atoms. The molecule has 0 aromatic rings. The number of rotatable bonds is 2. The van der Waals surface area contributed by atoms with Crippen molar-refractivity contribution in [3.8, 4) is 0 Å². The number of nitrogens with zero attached hydrogens (tertiary/aromatic N) is 1. The van der Waals surface area contributed by atoms with E-state index in [4.69, 9.17) is 5.11 Å². The van der Waals surface area contributed by atoms with Crippen LogP contribution in [-0.4, -0.2) is 35.7 Å². The van der Waals surface area contributed by atoms with E-state index < -0.39 is 0 Å². The maximum atomic E-state index is 9.05. The predicted octanol–water partition coefficient (Wildman–Crippen LogP) is 0.667. The first-order valence-electron chi connectivity index (χ1n) is 4.01. The van der Waals surface area contributed by atoms with Crippen molar-refractivity contribution in [3.05, 3.63) is 6.42 Å². The van der Waals surface area contributed by atoms with Gasteiger partial charge in [0.25, 0.3) is 0 Å². The maximum Gasteiger partial charge on any atom is 0.0639 e. The molecule has 0 spiro atoms. The Hall–Kier alpha value is -0.0800. The number of piperidine rings is 1. The molecule has 1 saturated heterocycles. The summed E-state index contributed by atoms with van der Waals surface area (Å²) in [6.07, 6.45) is 4.61. The van der Waals surface area contributed by atoms with Crippen molar-refractivity contribution in [2.75, 3.05) is 19.6 Å². The zero-order valence-electron chi connectivity index (χ0n) is 6.58. The van der Waals surface area contributed by atoms with Gasteiger partial charge in [-0.1, -0.05) is 0 Å². The third kappa shape index (κ3) is 2.67. The number of aliphatic hydroxyl groups excluding tert-OH is 1. The van der Waals surface area contributed by atoms with Crippen molar-refractivity contribution in [1.29, 1.82) is 0 Å². The van der Waals surface area contributed by atoms with Gasteiger partial charge in [0.1, 0.15) is 0 Å². The van der Waals surface area contributed by atoms with Gasteiger partial charge in [-0.15, -0.1) is 0 Å². The quantitative estimate of drug-likeness (QED) is 0.612. The van der Waals surface area contributed by atoms with Gasteiger partial charge in [-0.25, -0.2) is 0 Å². The molecule has 0 aliphatic carbocycles. The van der Waals surface area contributed by atoms with Crippen LogP contribution in [-0.2, 0) is 0 Å². The summed E-state index contributed by atoms with van der Waals surface area (Å²) in [5.74, 6) is 0. The van der Waals surface area contributed by atoms with Gasteiger partial charge in [0.2, 0.25) is 0 Å². The molecule has 1 fully saturated rings. The zero-order valence-corrected chi connectivity index (χ0v) is 6.58. The zero-order chi connectivity index (χ0) is 7.40. The highest BCUT2D eigenvalue weighted by Gasteiger charge is 2.11. The third-order valence-electron chi connectivity index (χ3n) is 1.79. The maximum absolute atomic E-state index is 9.05. The predicted molar refractivity (Wildman–Crippen MR) is 41.7 cm³/mol. The Bertz CT molecular complexity index is 87.3. The molecule has 0 amide bonds. The standard InChI is InChI=1S/C8H16NO/c1-8(10)7-9-5-3-2-4-6-9/h3,8,10H,2,4-7H2,1H3/t8-/m1/s1. The fraction of sp³-hybridized carbons (Fsp3) is 0.875. The molecule has 1 aliphatic heterocycles. The Morgan fingerprint density at radius 2 is 2.50 bits per heavy atom. The van der Waals surface area contributed by atoms with Gasteiger partial charge in [0.05, 0.1) is 6.10 Å². The average Bonchev–Trinajstić information content (AvgIpc) is 1.88. The monoisotopic (exact) mass is 142 g/mol. The van der Waals surface area contributed by atoms with Crippen molar-refractivity contribution in [3.63, 3.8) is 0 Å². The number of likely N-dealkylation sites (tertiary alicyclic amines) is 1. The fourth-order valence-electron chi connectivity index (χ4n) is 1.36. The second-order valence-corrected chi connectivity index (χ2v) is 3.04.